The monoisotopic (exact) mass is 241 g/mol. The molecule has 17 heavy (non-hydrogen) atoms. The smallest absolute Gasteiger partial charge is 0.0813 e. The van der Waals surface area contributed by atoms with Crippen LogP contribution in [0.1, 0.15) is 39.0 Å². The van der Waals surface area contributed by atoms with E-state index in [1.165, 1.54) is 6.42 Å². The molecular weight excluding hydrogens is 214 g/mol. The summed E-state index contributed by atoms with van der Waals surface area (Å²) in [7, 11) is 0. The standard InChI is InChI=1S/C14H27NO2/c1-3-5-6-10-16-12-14-8-7-13(17-14)11-15-9-4-2/h3,13-15H,1,4-12H2,2H3. The molecule has 1 fully saturated rings. The topological polar surface area (TPSA) is 30.5 Å². The molecule has 0 aromatic heterocycles. The highest BCUT2D eigenvalue weighted by atomic mass is 16.5. The van der Waals surface area contributed by atoms with Crippen LogP contribution in [0.2, 0.25) is 0 Å². The van der Waals surface area contributed by atoms with Gasteiger partial charge >= 0.3 is 0 Å². The Hall–Kier alpha value is -0.380. The van der Waals surface area contributed by atoms with E-state index in [2.05, 4.69) is 18.8 Å². The highest BCUT2D eigenvalue weighted by Gasteiger charge is 2.24. The summed E-state index contributed by atoms with van der Waals surface area (Å²) in [5.41, 5.74) is 0. The Labute approximate surface area is 106 Å². The van der Waals surface area contributed by atoms with Crippen LogP contribution < -0.4 is 5.32 Å². The summed E-state index contributed by atoms with van der Waals surface area (Å²) in [6, 6.07) is 0. The third-order valence-corrected chi connectivity index (χ3v) is 2.99. The number of rotatable bonds is 10. The lowest BCUT2D eigenvalue weighted by atomic mass is 10.2. The van der Waals surface area contributed by atoms with Gasteiger partial charge in [0.15, 0.2) is 0 Å². The average Bonchev–Trinajstić information content (AvgIpc) is 2.77. The van der Waals surface area contributed by atoms with Crippen molar-refractivity contribution >= 4 is 0 Å². The lowest BCUT2D eigenvalue weighted by Gasteiger charge is -2.14. The zero-order chi connectivity index (χ0) is 12.3. The second kappa shape index (κ2) is 9.63. The Morgan fingerprint density at radius 3 is 3.00 bits per heavy atom. The van der Waals surface area contributed by atoms with Crippen molar-refractivity contribution < 1.29 is 9.47 Å². The molecule has 0 saturated carbocycles. The summed E-state index contributed by atoms with van der Waals surface area (Å²) >= 11 is 0. The minimum absolute atomic E-state index is 0.312. The van der Waals surface area contributed by atoms with Crippen molar-refractivity contribution in [1.82, 2.24) is 5.32 Å². The lowest BCUT2D eigenvalue weighted by molar-refractivity contribution is -0.0144. The molecular formula is C14H27NO2. The van der Waals surface area contributed by atoms with Gasteiger partial charge in [0.2, 0.25) is 0 Å². The fourth-order valence-corrected chi connectivity index (χ4v) is 2.04. The van der Waals surface area contributed by atoms with Crippen LogP contribution >= 0.6 is 0 Å². The maximum absolute atomic E-state index is 5.91. The molecule has 2 unspecified atom stereocenters. The maximum atomic E-state index is 5.91. The molecule has 0 radical (unpaired) electrons. The van der Waals surface area contributed by atoms with Gasteiger partial charge in [-0.05, 0) is 38.6 Å². The molecule has 0 amide bonds. The van der Waals surface area contributed by atoms with Crippen LogP contribution in [0.15, 0.2) is 12.7 Å². The first-order chi connectivity index (χ1) is 8.36. The molecule has 1 N–H and O–H groups in total. The first-order valence-corrected chi connectivity index (χ1v) is 6.91. The average molecular weight is 241 g/mol. The number of hydrogen-bond donors (Lipinski definition) is 1. The van der Waals surface area contributed by atoms with Gasteiger partial charge in [0, 0.05) is 13.2 Å². The van der Waals surface area contributed by atoms with Crippen molar-refractivity contribution in [3.05, 3.63) is 12.7 Å². The van der Waals surface area contributed by atoms with E-state index in [0.29, 0.717) is 12.2 Å². The minimum atomic E-state index is 0.312. The summed E-state index contributed by atoms with van der Waals surface area (Å²) in [5.74, 6) is 0. The molecule has 1 aliphatic rings. The van der Waals surface area contributed by atoms with Crippen LogP contribution in [0.5, 0.6) is 0 Å². The second-order valence-electron chi connectivity index (χ2n) is 4.67. The fourth-order valence-electron chi connectivity index (χ4n) is 2.04. The van der Waals surface area contributed by atoms with Gasteiger partial charge in [-0.15, -0.1) is 6.58 Å². The molecule has 0 aromatic rings. The van der Waals surface area contributed by atoms with E-state index in [1.807, 2.05) is 6.08 Å². The third-order valence-electron chi connectivity index (χ3n) is 2.99. The Morgan fingerprint density at radius 1 is 1.41 bits per heavy atom. The highest BCUT2D eigenvalue weighted by molar-refractivity contribution is 4.75. The molecule has 3 heteroatoms. The van der Waals surface area contributed by atoms with Crippen molar-refractivity contribution in [2.75, 3.05) is 26.3 Å². The van der Waals surface area contributed by atoms with Crippen LogP contribution in [-0.4, -0.2) is 38.5 Å². The van der Waals surface area contributed by atoms with Gasteiger partial charge in [0.05, 0.1) is 18.8 Å². The molecule has 1 aliphatic heterocycles. The molecule has 0 aliphatic carbocycles. The Bertz CT molecular complexity index is 197. The van der Waals surface area contributed by atoms with Gasteiger partial charge in [0.1, 0.15) is 0 Å². The van der Waals surface area contributed by atoms with E-state index >= 15 is 0 Å². The molecule has 100 valence electrons. The van der Waals surface area contributed by atoms with E-state index in [-0.39, 0.29) is 0 Å². The normalized spacial score (nSPS) is 24.1. The summed E-state index contributed by atoms with van der Waals surface area (Å²) in [6.07, 6.45) is 8.23. The third kappa shape index (κ3) is 6.81. The summed E-state index contributed by atoms with van der Waals surface area (Å²) < 4.78 is 11.5. The second-order valence-corrected chi connectivity index (χ2v) is 4.67. The largest absolute Gasteiger partial charge is 0.379 e. The molecule has 2 atom stereocenters. The highest BCUT2D eigenvalue weighted by Crippen LogP contribution is 2.19. The van der Waals surface area contributed by atoms with E-state index < -0.39 is 0 Å². The van der Waals surface area contributed by atoms with Gasteiger partial charge in [-0.2, -0.15) is 0 Å². The number of hydrogen-bond acceptors (Lipinski definition) is 3. The molecule has 1 heterocycles. The maximum Gasteiger partial charge on any atom is 0.0813 e. The number of unbranched alkanes of at least 4 members (excludes halogenated alkanes) is 1. The predicted octanol–water partition coefficient (Wildman–Crippen LogP) is 2.52. The quantitative estimate of drug-likeness (QED) is 0.471. The molecule has 0 bridgehead atoms. The fraction of sp³-hybridized carbons (Fsp3) is 0.857. The van der Waals surface area contributed by atoms with E-state index in [0.717, 1.165) is 52.0 Å². The molecule has 1 rings (SSSR count). The van der Waals surface area contributed by atoms with Crippen LogP contribution in [0.4, 0.5) is 0 Å². The van der Waals surface area contributed by atoms with Gasteiger partial charge < -0.3 is 14.8 Å². The first kappa shape index (κ1) is 14.7. The van der Waals surface area contributed by atoms with Crippen LogP contribution in [0, 0.1) is 0 Å². The van der Waals surface area contributed by atoms with Gasteiger partial charge in [-0.3, -0.25) is 0 Å². The molecule has 0 spiro atoms. The predicted molar refractivity (Wildman–Crippen MR) is 71.3 cm³/mol. The van der Waals surface area contributed by atoms with Crippen LogP contribution in [0.3, 0.4) is 0 Å². The Balaban J connectivity index is 1.95. The van der Waals surface area contributed by atoms with Gasteiger partial charge in [-0.25, -0.2) is 0 Å². The van der Waals surface area contributed by atoms with Gasteiger partial charge in [0.25, 0.3) is 0 Å². The van der Waals surface area contributed by atoms with Crippen LogP contribution in [0.25, 0.3) is 0 Å². The zero-order valence-corrected chi connectivity index (χ0v) is 11.1. The van der Waals surface area contributed by atoms with E-state index in [9.17, 15) is 0 Å². The molecule has 1 saturated heterocycles. The minimum Gasteiger partial charge on any atom is -0.379 e. The first-order valence-electron chi connectivity index (χ1n) is 6.91. The molecule has 0 aromatic carbocycles. The number of ether oxygens (including phenoxy) is 2. The Morgan fingerprint density at radius 2 is 2.24 bits per heavy atom. The van der Waals surface area contributed by atoms with Crippen molar-refractivity contribution in [3.8, 4) is 0 Å². The SMILES string of the molecule is C=CCCCOCC1CCC(CNCCC)O1. The Kier molecular flexibility index (Phi) is 8.32. The lowest BCUT2D eigenvalue weighted by Crippen LogP contribution is -2.28. The number of nitrogens with one attached hydrogen (secondary N) is 1. The van der Waals surface area contributed by atoms with Crippen molar-refractivity contribution in [3.63, 3.8) is 0 Å². The molecule has 3 nitrogen and oxygen atoms in total. The summed E-state index contributed by atoms with van der Waals surface area (Å²) in [5, 5.41) is 3.40. The van der Waals surface area contributed by atoms with Crippen LogP contribution in [-0.2, 0) is 9.47 Å². The zero-order valence-electron chi connectivity index (χ0n) is 11.1. The summed E-state index contributed by atoms with van der Waals surface area (Å²) in [4.78, 5) is 0. The van der Waals surface area contributed by atoms with Gasteiger partial charge in [-0.1, -0.05) is 13.0 Å². The number of allylic oxidation sites excluding steroid dienone is 1. The van der Waals surface area contributed by atoms with Crippen molar-refractivity contribution in [2.45, 2.75) is 51.2 Å². The van der Waals surface area contributed by atoms with Crippen molar-refractivity contribution in [1.29, 1.82) is 0 Å². The van der Waals surface area contributed by atoms with Crippen molar-refractivity contribution in [2.24, 2.45) is 0 Å². The summed E-state index contributed by atoms with van der Waals surface area (Å²) in [6.45, 7) is 9.53. The van der Waals surface area contributed by atoms with E-state index in [1.54, 1.807) is 0 Å². The van der Waals surface area contributed by atoms with E-state index in [4.69, 9.17) is 9.47 Å².